The maximum Gasteiger partial charge on any atom is 0.0345 e. The third-order valence-corrected chi connectivity index (χ3v) is 4.23. The third kappa shape index (κ3) is 1.19. The molecule has 0 aliphatic heterocycles. The summed E-state index contributed by atoms with van der Waals surface area (Å²) in [7, 11) is 0. The quantitative estimate of drug-likeness (QED) is 0.630. The third-order valence-electron chi connectivity index (χ3n) is 2.95. The fourth-order valence-corrected chi connectivity index (χ4v) is 3.13. The summed E-state index contributed by atoms with van der Waals surface area (Å²) < 4.78 is 1.45. The van der Waals surface area contributed by atoms with Crippen LogP contribution in [0.3, 0.4) is 0 Å². The molecule has 0 N–H and O–H groups in total. The molecule has 2 aromatic rings. The lowest BCUT2D eigenvalue weighted by Crippen LogP contribution is -2.06. The molecule has 0 bridgehead atoms. The largest absolute Gasteiger partial charge is 0.140 e. The average Bonchev–Trinajstić information content (AvgIpc) is 2.43. The van der Waals surface area contributed by atoms with Gasteiger partial charge in [-0.2, -0.15) is 0 Å². The van der Waals surface area contributed by atoms with E-state index in [0.29, 0.717) is 0 Å². The Balaban J connectivity index is 2.10. The Morgan fingerprint density at radius 3 is 2.69 bits per heavy atom. The van der Waals surface area contributed by atoms with Crippen LogP contribution in [0.25, 0.3) is 10.1 Å². The highest BCUT2D eigenvalue weighted by Crippen LogP contribution is 2.41. The van der Waals surface area contributed by atoms with Gasteiger partial charge in [-0.25, -0.2) is 0 Å². The van der Waals surface area contributed by atoms with E-state index in [1.54, 1.807) is 4.88 Å². The molecule has 0 nitrogen and oxygen atoms in total. The van der Waals surface area contributed by atoms with Crippen LogP contribution in [0.1, 0.15) is 30.1 Å². The van der Waals surface area contributed by atoms with E-state index in [0.717, 1.165) is 5.92 Å². The molecule has 1 aliphatic rings. The minimum absolute atomic E-state index is 0.886. The van der Waals surface area contributed by atoms with Crippen molar-refractivity contribution in [1.29, 1.82) is 0 Å². The van der Waals surface area contributed by atoms with E-state index >= 15 is 0 Å². The van der Waals surface area contributed by atoms with Crippen molar-refractivity contribution in [2.75, 3.05) is 0 Å². The number of benzene rings is 1. The van der Waals surface area contributed by atoms with Gasteiger partial charge in [0.05, 0.1) is 0 Å². The van der Waals surface area contributed by atoms with Gasteiger partial charge < -0.3 is 0 Å². The monoisotopic (exact) mass is 188 g/mol. The number of fused-ring (bicyclic) bond motifs is 1. The zero-order valence-corrected chi connectivity index (χ0v) is 8.31. The van der Waals surface area contributed by atoms with Crippen molar-refractivity contribution in [2.24, 2.45) is 0 Å². The van der Waals surface area contributed by atoms with Gasteiger partial charge in [-0.15, -0.1) is 11.3 Å². The van der Waals surface area contributed by atoms with Crippen molar-refractivity contribution in [3.8, 4) is 0 Å². The van der Waals surface area contributed by atoms with Gasteiger partial charge in [0.15, 0.2) is 0 Å². The van der Waals surface area contributed by atoms with Crippen molar-refractivity contribution in [3.63, 3.8) is 0 Å². The van der Waals surface area contributed by atoms with Gasteiger partial charge in [0.25, 0.3) is 0 Å². The van der Waals surface area contributed by atoms with Crippen LogP contribution in [0.15, 0.2) is 30.3 Å². The summed E-state index contributed by atoms with van der Waals surface area (Å²) in [4.78, 5) is 1.60. The molecule has 1 fully saturated rings. The van der Waals surface area contributed by atoms with Crippen LogP contribution in [-0.4, -0.2) is 0 Å². The van der Waals surface area contributed by atoms with Gasteiger partial charge >= 0.3 is 0 Å². The molecule has 1 saturated carbocycles. The Kier molecular flexibility index (Phi) is 1.66. The fourth-order valence-electron chi connectivity index (χ4n) is 1.90. The van der Waals surface area contributed by atoms with Crippen LogP contribution in [-0.2, 0) is 0 Å². The topological polar surface area (TPSA) is 0 Å². The zero-order valence-electron chi connectivity index (χ0n) is 7.49. The molecular formula is C12H12S. The average molecular weight is 188 g/mol. The van der Waals surface area contributed by atoms with Crippen molar-refractivity contribution < 1.29 is 0 Å². The summed E-state index contributed by atoms with van der Waals surface area (Å²) >= 11 is 1.98. The van der Waals surface area contributed by atoms with Crippen LogP contribution >= 0.6 is 11.3 Å². The van der Waals surface area contributed by atoms with Gasteiger partial charge in [0.2, 0.25) is 0 Å². The summed E-state index contributed by atoms with van der Waals surface area (Å²) in [6.07, 6.45) is 4.25. The van der Waals surface area contributed by atoms with Gasteiger partial charge in [0, 0.05) is 9.58 Å². The summed E-state index contributed by atoms with van der Waals surface area (Å²) in [5.41, 5.74) is 0. The molecule has 0 unspecified atom stereocenters. The molecule has 1 aliphatic carbocycles. The van der Waals surface area contributed by atoms with Crippen molar-refractivity contribution >= 4 is 21.4 Å². The lowest BCUT2D eigenvalue weighted by atomic mass is 9.84. The maximum atomic E-state index is 2.38. The van der Waals surface area contributed by atoms with Crippen LogP contribution in [0.2, 0.25) is 0 Å². The highest BCUT2D eigenvalue weighted by atomic mass is 32.1. The first-order chi connectivity index (χ1) is 6.43. The smallest absolute Gasteiger partial charge is 0.0345 e. The molecule has 66 valence electrons. The number of hydrogen-bond acceptors (Lipinski definition) is 1. The zero-order chi connectivity index (χ0) is 8.67. The maximum absolute atomic E-state index is 2.38. The van der Waals surface area contributed by atoms with Gasteiger partial charge in [0.1, 0.15) is 0 Å². The molecule has 0 radical (unpaired) electrons. The molecule has 0 saturated heterocycles. The molecule has 0 amide bonds. The minimum Gasteiger partial charge on any atom is -0.140 e. The molecule has 1 heterocycles. The van der Waals surface area contributed by atoms with E-state index in [-0.39, 0.29) is 0 Å². The Labute approximate surface area is 82.2 Å². The molecule has 0 spiro atoms. The van der Waals surface area contributed by atoms with Gasteiger partial charge in [-0.1, -0.05) is 24.6 Å². The molecule has 3 rings (SSSR count). The molecule has 1 heteroatoms. The van der Waals surface area contributed by atoms with Crippen LogP contribution in [0, 0.1) is 0 Å². The van der Waals surface area contributed by atoms with Gasteiger partial charge in [-0.05, 0) is 36.3 Å². The first kappa shape index (κ1) is 7.57. The van der Waals surface area contributed by atoms with Crippen molar-refractivity contribution in [3.05, 3.63) is 35.2 Å². The predicted molar refractivity (Wildman–Crippen MR) is 58.4 cm³/mol. The van der Waals surface area contributed by atoms with E-state index in [1.165, 1.54) is 29.3 Å². The highest BCUT2D eigenvalue weighted by Gasteiger charge is 2.20. The first-order valence-electron chi connectivity index (χ1n) is 4.92. The van der Waals surface area contributed by atoms with Crippen molar-refractivity contribution in [1.82, 2.24) is 0 Å². The van der Waals surface area contributed by atoms with E-state index < -0.39 is 0 Å². The van der Waals surface area contributed by atoms with E-state index in [9.17, 15) is 0 Å². The second-order valence-electron chi connectivity index (χ2n) is 3.81. The summed E-state index contributed by atoms with van der Waals surface area (Å²) in [5, 5.41) is 1.43. The normalized spacial score (nSPS) is 17.5. The summed E-state index contributed by atoms with van der Waals surface area (Å²) in [5.74, 6) is 0.886. The summed E-state index contributed by atoms with van der Waals surface area (Å²) in [6.45, 7) is 0. The lowest BCUT2D eigenvalue weighted by molar-refractivity contribution is 0.426. The number of rotatable bonds is 1. The molecule has 13 heavy (non-hydrogen) atoms. The van der Waals surface area contributed by atoms with Crippen LogP contribution < -0.4 is 0 Å². The van der Waals surface area contributed by atoms with Crippen LogP contribution in [0.4, 0.5) is 0 Å². The Morgan fingerprint density at radius 2 is 2.00 bits per heavy atom. The Hall–Kier alpha value is -0.820. The minimum atomic E-state index is 0.886. The molecule has 1 aromatic heterocycles. The van der Waals surface area contributed by atoms with Crippen LogP contribution in [0.5, 0.6) is 0 Å². The Morgan fingerprint density at radius 1 is 1.15 bits per heavy atom. The molecule has 0 atom stereocenters. The molecule has 1 aromatic carbocycles. The first-order valence-corrected chi connectivity index (χ1v) is 5.73. The second kappa shape index (κ2) is 2.85. The fraction of sp³-hybridized carbons (Fsp3) is 0.333. The van der Waals surface area contributed by atoms with Crippen molar-refractivity contribution in [2.45, 2.75) is 25.2 Å². The SMILES string of the molecule is c1ccc2sc(C3CCC3)cc2c1. The second-order valence-corrected chi connectivity index (χ2v) is 4.93. The van der Waals surface area contributed by atoms with E-state index in [1.807, 2.05) is 11.3 Å². The Bertz CT molecular complexity index is 390. The highest BCUT2D eigenvalue weighted by molar-refractivity contribution is 7.19. The van der Waals surface area contributed by atoms with E-state index in [2.05, 4.69) is 30.3 Å². The number of thiophene rings is 1. The standard InChI is InChI=1S/C12H12S/c1-2-7-11-10(4-1)8-12(13-11)9-5-3-6-9/h1-2,4,7-9H,3,5-6H2. The lowest BCUT2D eigenvalue weighted by Gasteiger charge is -2.23. The van der Waals surface area contributed by atoms with E-state index in [4.69, 9.17) is 0 Å². The predicted octanol–water partition coefficient (Wildman–Crippen LogP) is 4.17. The summed E-state index contributed by atoms with van der Waals surface area (Å²) in [6, 6.07) is 11.1. The molecular weight excluding hydrogens is 176 g/mol. The van der Waals surface area contributed by atoms with Gasteiger partial charge in [-0.3, -0.25) is 0 Å². The number of hydrogen-bond donors (Lipinski definition) is 0.